The monoisotopic (exact) mass is 293 g/mol. The van der Waals surface area contributed by atoms with Crippen molar-refractivity contribution < 1.29 is 18.3 Å². The number of hydrogen-bond donors (Lipinski definition) is 0. The van der Waals surface area contributed by atoms with Gasteiger partial charge < -0.3 is 9.15 Å². The molecular formula is C12H8FN3O3S. The van der Waals surface area contributed by atoms with Gasteiger partial charge in [-0.3, -0.25) is 0 Å². The second-order valence-corrected chi connectivity index (χ2v) is 4.41. The Kier molecular flexibility index (Phi) is 4.32. The Bertz CT molecular complexity index is 681. The summed E-state index contributed by atoms with van der Waals surface area (Å²) in [4.78, 5) is 11.7. The van der Waals surface area contributed by atoms with Crippen LogP contribution in [0, 0.1) is 17.1 Å². The maximum absolute atomic E-state index is 13.4. The van der Waals surface area contributed by atoms with E-state index >= 15 is 0 Å². The average Bonchev–Trinajstić information content (AvgIpc) is 2.88. The molecule has 0 aliphatic rings. The fourth-order valence-electron chi connectivity index (χ4n) is 1.32. The molecule has 0 saturated heterocycles. The van der Waals surface area contributed by atoms with Gasteiger partial charge in [0.05, 0.1) is 6.61 Å². The third-order valence-corrected chi connectivity index (χ3v) is 3.04. The molecule has 0 N–H and O–H groups in total. The molecule has 0 bridgehead atoms. The van der Waals surface area contributed by atoms with Gasteiger partial charge in [0.15, 0.2) is 0 Å². The van der Waals surface area contributed by atoms with Crippen LogP contribution < -0.4 is 0 Å². The number of aromatic nitrogens is 2. The molecule has 1 heterocycles. The largest absolute Gasteiger partial charge is 0.459 e. The molecule has 102 valence electrons. The van der Waals surface area contributed by atoms with Gasteiger partial charge in [0.25, 0.3) is 5.22 Å². The lowest BCUT2D eigenvalue weighted by atomic mass is 10.2. The van der Waals surface area contributed by atoms with Crippen LogP contribution in [-0.4, -0.2) is 22.8 Å². The van der Waals surface area contributed by atoms with Gasteiger partial charge in [0, 0.05) is 4.90 Å². The van der Waals surface area contributed by atoms with E-state index in [4.69, 9.17) is 14.4 Å². The molecule has 6 nitrogen and oxygen atoms in total. The number of esters is 1. The Morgan fingerprint density at radius 2 is 2.35 bits per heavy atom. The van der Waals surface area contributed by atoms with Gasteiger partial charge in [0.2, 0.25) is 0 Å². The van der Waals surface area contributed by atoms with E-state index in [1.165, 1.54) is 12.1 Å². The molecule has 0 amide bonds. The summed E-state index contributed by atoms with van der Waals surface area (Å²) in [6.07, 6.45) is 0. The normalized spacial score (nSPS) is 10.1. The predicted molar refractivity (Wildman–Crippen MR) is 65.5 cm³/mol. The molecule has 0 spiro atoms. The fourth-order valence-corrected chi connectivity index (χ4v) is 2.10. The molecule has 2 rings (SSSR count). The standard InChI is InChI=1S/C12H8FN3O3S/c1-2-18-11(17)10-15-16-12(19-10)20-9-5-3-4-8(13)7(9)6-14/h3-5H,2H2,1H3. The van der Waals surface area contributed by atoms with Crippen molar-refractivity contribution >= 4 is 17.7 Å². The van der Waals surface area contributed by atoms with Crippen molar-refractivity contribution in [3.05, 3.63) is 35.5 Å². The van der Waals surface area contributed by atoms with Gasteiger partial charge in [-0.25, -0.2) is 9.18 Å². The van der Waals surface area contributed by atoms with Crippen LogP contribution in [0.15, 0.2) is 32.7 Å². The lowest BCUT2D eigenvalue weighted by Crippen LogP contribution is -2.04. The number of benzene rings is 1. The van der Waals surface area contributed by atoms with E-state index in [0.29, 0.717) is 4.90 Å². The number of carbonyl (C=O) groups is 1. The molecular weight excluding hydrogens is 285 g/mol. The molecule has 8 heteroatoms. The minimum atomic E-state index is -0.730. The molecule has 0 aliphatic heterocycles. The molecule has 20 heavy (non-hydrogen) atoms. The number of halogens is 1. The van der Waals surface area contributed by atoms with E-state index in [1.54, 1.807) is 19.1 Å². The second-order valence-electron chi connectivity index (χ2n) is 3.42. The van der Waals surface area contributed by atoms with Gasteiger partial charge in [-0.2, -0.15) is 5.26 Å². The minimum absolute atomic E-state index is 0.0233. The van der Waals surface area contributed by atoms with E-state index in [9.17, 15) is 9.18 Å². The summed E-state index contributed by atoms with van der Waals surface area (Å²) in [6, 6.07) is 5.94. The summed E-state index contributed by atoms with van der Waals surface area (Å²) >= 11 is 0.899. The lowest BCUT2D eigenvalue weighted by molar-refractivity contribution is 0.0475. The van der Waals surface area contributed by atoms with Crippen LogP contribution in [0.1, 0.15) is 23.2 Å². The van der Waals surface area contributed by atoms with Crippen molar-refractivity contribution in [3.8, 4) is 6.07 Å². The Morgan fingerprint density at radius 1 is 1.55 bits per heavy atom. The van der Waals surface area contributed by atoms with Crippen LogP contribution in [0.3, 0.4) is 0 Å². The maximum Gasteiger partial charge on any atom is 0.396 e. The van der Waals surface area contributed by atoms with Crippen molar-refractivity contribution in [2.75, 3.05) is 6.61 Å². The van der Waals surface area contributed by atoms with E-state index in [1.807, 2.05) is 0 Å². The Hall–Kier alpha value is -2.40. The molecule has 0 unspecified atom stereocenters. The smallest absolute Gasteiger partial charge is 0.396 e. The quantitative estimate of drug-likeness (QED) is 0.799. The average molecular weight is 293 g/mol. The molecule has 2 aromatic rings. The molecule has 1 aromatic carbocycles. The Balaban J connectivity index is 2.22. The fraction of sp³-hybridized carbons (Fsp3) is 0.167. The van der Waals surface area contributed by atoms with Crippen LogP contribution in [0.5, 0.6) is 0 Å². The zero-order valence-corrected chi connectivity index (χ0v) is 11.1. The first kappa shape index (κ1) is 14.0. The number of nitrogens with zero attached hydrogens (tertiary/aromatic N) is 3. The molecule has 0 radical (unpaired) electrons. The zero-order chi connectivity index (χ0) is 14.5. The van der Waals surface area contributed by atoms with Crippen LogP contribution in [0.25, 0.3) is 0 Å². The SMILES string of the molecule is CCOC(=O)c1nnc(Sc2cccc(F)c2C#N)o1. The first-order chi connectivity index (χ1) is 9.65. The summed E-state index contributed by atoms with van der Waals surface area (Å²) < 4.78 is 23.2. The van der Waals surface area contributed by atoms with Crippen molar-refractivity contribution in [2.45, 2.75) is 17.0 Å². The zero-order valence-electron chi connectivity index (χ0n) is 10.3. The first-order valence-electron chi connectivity index (χ1n) is 5.52. The highest BCUT2D eigenvalue weighted by Crippen LogP contribution is 2.30. The van der Waals surface area contributed by atoms with Crippen molar-refractivity contribution in [2.24, 2.45) is 0 Å². The van der Waals surface area contributed by atoms with Crippen molar-refractivity contribution in [1.82, 2.24) is 10.2 Å². The minimum Gasteiger partial charge on any atom is -0.459 e. The number of ether oxygens (including phenoxy) is 1. The summed E-state index contributed by atoms with van der Waals surface area (Å²) in [5.74, 6) is -1.65. The van der Waals surface area contributed by atoms with Gasteiger partial charge in [-0.15, -0.1) is 5.10 Å². The molecule has 0 fully saturated rings. The summed E-state index contributed by atoms with van der Waals surface area (Å²) in [5, 5.41) is 16.1. The number of hydrogen-bond acceptors (Lipinski definition) is 7. The molecule has 0 saturated carbocycles. The van der Waals surface area contributed by atoms with Crippen LogP contribution in [0.2, 0.25) is 0 Å². The summed E-state index contributed by atoms with van der Waals surface area (Å²) in [5.41, 5.74) is -0.117. The topological polar surface area (TPSA) is 89.0 Å². The van der Waals surface area contributed by atoms with E-state index < -0.39 is 11.8 Å². The first-order valence-corrected chi connectivity index (χ1v) is 6.34. The predicted octanol–water partition coefficient (Wildman–Crippen LogP) is 2.41. The van der Waals surface area contributed by atoms with E-state index in [0.717, 1.165) is 11.8 Å². The van der Waals surface area contributed by atoms with Crippen molar-refractivity contribution in [1.29, 1.82) is 5.26 Å². The number of rotatable bonds is 4. The lowest BCUT2D eigenvalue weighted by Gasteiger charge is -2.00. The second kappa shape index (κ2) is 6.16. The van der Waals surface area contributed by atoms with E-state index in [2.05, 4.69) is 10.2 Å². The maximum atomic E-state index is 13.4. The Labute approximate surface area is 117 Å². The Morgan fingerprint density at radius 3 is 3.05 bits per heavy atom. The third-order valence-electron chi connectivity index (χ3n) is 2.14. The summed E-state index contributed by atoms with van der Waals surface area (Å²) in [7, 11) is 0. The highest BCUT2D eigenvalue weighted by Gasteiger charge is 2.18. The van der Waals surface area contributed by atoms with Crippen LogP contribution in [-0.2, 0) is 4.74 Å². The molecule has 0 aliphatic carbocycles. The van der Waals surface area contributed by atoms with Gasteiger partial charge >= 0.3 is 11.9 Å². The highest BCUT2D eigenvalue weighted by atomic mass is 32.2. The van der Waals surface area contributed by atoms with Crippen LogP contribution in [0.4, 0.5) is 4.39 Å². The number of carbonyl (C=O) groups excluding carboxylic acids is 1. The van der Waals surface area contributed by atoms with Gasteiger partial charge in [0.1, 0.15) is 17.4 Å². The molecule has 1 aromatic heterocycles. The number of nitriles is 1. The van der Waals surface area contributed by atoms with Gasteiger partial charge in [-0.1, -0.05) is 11.2 Å². The molecule has 0 atom stereocenters. The highest BCUT2D eigenvalue weighted by molar-refractivity contribution is 7.99. The van der Waals surface area contributed by atoms with E-state index in [-0.39, 0.29) is 23.3 Å². The van der Waals surface area contributed by atoms with Gasteiger partial charge in [-0.05, 0) is 30.8 Å². The summed E-state index contributed by atoms with van der Waals surface area (Å²) in [6.45, 7) is 1.84. The van der Waals surface area contributed by atoms with Crippen LogP contribution >= 0.6 is 11.8 Å². The third kappa shape index (κ3) is 2.95. The van der Waals surface area contributed by atoms with Crippen molar-refractivity contribution in [3.63, 3.8) is 0 Å².